The molecule has 3 rings (SSSR count). The molecule has 2 N–H and O–H groups in total. The van der Waals surface area contributed by atoms with Crippen molar-refractivity contribution in [2.24, 2.45) is 0 Å². The number of nitrogens with one attached hydrogen (secondary N) is 2. The molecule has 1 aliphatic heterocycles. The number of carbonyl (C=O) groups excluding carboxylic acids is 2. The Morgan fingerprint density at radius 1 is 1.13 bits per heavy atom. The van der Waals surface area contributed by atoms with Crippen LogP contribution in [-0.4, -0.2) is 17.9 Å². The van der Waals surface area contributed by atoms with Gasteiger partial charge in [-0.3, -0.25) is 9.59 Å². The molecule has 2 aromatic rings. The Labute approximate surface area is 139 Å². The van der Waals surface area contributed by atoms with Crippen molar-refractivity contribution in [1.82, 2.24) is 10.6 Å². The van der Waals surface area contributed by atoms with Crippen molar-refractivity contribution in [3.05, 3.63) is 70.7 Å². The Bertz CT molecular complexity index is 718. The third-order valence-corrected chi connectivity index (χ3v) is 4.15. The second kappa shape index (κ2) is 6.84. The highest BCUT2D eigenvalue weighted by Gasteiger charge is 2.29. The molecule has 0 radical (unpaired) electrons. The zero-order chi connectivity index (χ0) is 16.2. The molecular formula is C18H17ClN2O2. The van der Waals surface area contributed by atoms with Gasteiger partial charge in [0.25, 0.3) is 0 Å². The molecule has 0 unspecified atom stereocenters. The topological polar surface area (TPSA) is 58.2 Å². The first kappa shape index (κ1) is 15.6. The molecule has 23 heavy (non-hydrogen) atoms. The number of hydrogen-bond donors (Lipinski definition) is 2. The molecular weight excluding hydrogens is 312 g/mol. The smallest absolute Gasteiger partial charge is 0.243 e. The molecule has 0 aromatic heterocycles. The molecule has 2 amide bonds. The van der Waals surface area contributed by atoms with Crippen LogP contribution in [-0.2, 0) is 9.59 Å². The largest absolute Gasteiger partial charge is 0.344 e. The minimum atomic E-state index is -0.465. The van der Waals surface area contributed by atoms with Gasteiger partial charge in [0.1, 0.15) is 6.04 Å². The summed E-state index contributed by atoms with van der Waals surface area (Å²) >= 11 is 6.09. The maximum absolute atomic E-state index is 12.5. The second-order valence-electron chi connectivity index (χ2n) is 5.57. The van der Waals surface area contributed by atoms with Crippen molar-refractivity contribution < 1.29 is 9.59 Å². The number of rotatable bonds is 4. The van der Waals surface area contributed by atoms with Gasteiger partial charge in [-0.25, -0.2) is 0 Å². The SMILES string of the molecule is O=C1CC[C@H](C(=O)N[C@@H](c2ccccc2)c2cccc(Cl)c2)N1. The standard InChI is InChI=1S/C18H17ClN2O2/c19-14-8-4-7-13(11-14)17(12-5-2-1-3-6-12)21-18(23)15-9-10-16(22)20-15/h1-8,11,15,17H,9-10H2,(H,20,22)(H,21,23)/t15-,17+/m1/s1. The predicted octanol–water partition coefficient (Wildman–Crippen LogP) is 2.82. The molecule has 1 heterocycles. The summed E-state index contributed by atoms with van der Waals surface area (Å²) in [5.74, 6) is -0.256. The van der Waals surface area contributed by atoms with Crippen molar-refractivity contribution in [2.45, 2.75) is 24.9 Å². The molecule has 1 aliphatic rings. The summed E-state index contributed by atoms with van der Waals surface area (Å²) in [4.78, 5) is 23.8. The minimum absolute atomic E-state index is 0.0795. The van der Waals surface area contributed by atoms with Gasteiger partial charge < -0.3 is 10.6 Å². The maximum atomic E-state index is 12.5. The van der Waals surface area contributed by atoms with E-state index in [-0.39, 0.29) is 17.9 Å². The monoisotopic (exact) mass is 328 g/mol. The van der Waals surface area contributed by atoms with Crippen molar-refractivity contribution in [3.8, 4) is 0 Å². The highest BCUT2D eigenvalue weighted by molar-refractivity contribution is 6.30. The number of benzene rings is 2. The lowest BCUT2D eigenvalue weighted by Crippen LogP contribution is -2.43. The van der Waals surface area contributed by atoms with Crippen LogP contribution in [0.5, 0.6) is 0 Å². The van der Waals surface area contributed by atoms with E-state index in [0.717, 1.165) is 11.1 Å². The zero-order valence-corrected chi connectivity index (χ0v) is 13.2. The van der Waals surface area contributed by atoms with Gasteiger partial charge in [0.05, 0.1) is 6.04 Å². The van der Waals surface area contributed by atoms with Gasteiger partial charge >= 0.3 is 0 Å². The average molecular weight is 329 g/mol. The fraction of sp³-hybridized carbons (Fsp3) is 0.222. The molecule has 4 nitrogen and oxygen atoms in total. The lowest BCUT2D eigenvalue weighted by atomic mass is 9.98. The van der Waals surface area contributed by atoms with Crippen molar-refractivity contribution >= 4 is 23.4 Å². The van der Waals surface area contributed by atoms with Crippen LogP contribution in [0.4, 0.5) is 0 Å². The van der Waals surface area contributed by atoms with Gasteiger partial charge in [0, 0.05) is 11.4 Å². The van der Waals surface area contributed by atoms with Crippen LogP contribution in [0.2, 0.25) is 5.02 Å². The lowest BCUT2D eigenvalue weighted by Gasteiger charge is -2.22. The van der Waals surface area contributed by atoms with Crippen molar-refractivity contribution in [2.75, 3.05) is 0 Å². The molecule has 0 aliphatic carbocycles. The summed E-state index contributed by atoms with van der Waals surface area (Å²) in [5, 5.41) is 6.34. The summed E-state index contributed by atoms with van der Waals surface area (Å²) in [6.07, 6.45) is 0.924. The van der Waals surface area contributed by atoms with E-state index in [9.17, 15) is 9.59 Å². The second-order valence-corrected chi connectivity index (χ2v) is 6.00. The molecule has 0 spiro atoms. The van der Waals surface area contributed by atoms with E-state index in [4.69, 9.17) is 11.6 Å². The van der Waals surface area contributed by atoms with Gasteiger partial charge in [0.2, 0.25) is 11.8 Å². The van der Waals surface area contributed by atoms with Crippen LogP contribution in [0.25, 0.3) is 0 Å². The number of halogens is 1. The third kappa shape index (κ3) is 3.71. The molecule has 0 saturated carbocycles. The number of amides is 2. The Morgan fingerprint density at radius 2 is 1.87 bits per heavy atom. The Morgan fingerprint density at radius 3 is 2.52 bits per heavy atom. The first-order valence-electron chi connectivity index (χ1n) is 7.53. The highest BCUT2D eigenvalue weighted by atomic mass is 35.5. The minimum Gasteiger partial charge on any atom is -0.344 e. The number of hydrogen-bond acceptors (Lipinski definition) is 2. The van der Waals surface area contributed by atoms with Gasteiger partial charge in [0.15, 0.2) is 0 Å². The summed E-state index contributed by atoms with van der Waals surface area (Å²) < 4.78 is 0. The first-order chi connectivity index (χ1) is 11.1. The van der Waals surface area contributed by atoms with Crippen molar-refractivity contribution in [1.29, 1.82) is 0 Å². The van der Waals surface area contributed by atoms with E-state index in [1.807, 2.05) is 48.5 Å². The molecule has 1 saturated heterocycles. The van der Waals surface area contributed by atoms with Gasteiger partial charge in [-0.15, -0.1) is 0 Å². The fourth-order valence-corrected chi connectivity index (χ4v) is 2.94. The van der Waals surface area contributed by atoms with Crippen LogP contribution < -0.4 is 10.6 Å². The van der Waals surface area contributed by atoms with Crippen LogP contribution in [0, 0.1) is 0 Å². The van der Waals surface area contributed by atoms with Crippen LogP contribution in [0.15, 0.2) is 54.6 Å². The zero-order valence-electron chi connectivity index (χ0n) is 12.5. The average Bonchev–Trinajstić information content (AvgIpc) is 3.00. The van der Waals surface area contributed by atoms with E-state index in [1.165, 1.54) is 0 Å². The van der Waals surface area contributed by atoms with E-state index in [2.05, 4.69) is 10.6 Å². The molecule has 2 atom stereocenters. The lowest BCUT2D eigenvalue weighted by molar-refractivity contribution is -0.126. The summed E-state index contributed by atoms with van der Waals surface area (Å²) in [5.41, 5.74) is 1.87. The summed E-state index contributed by atoms with van der Waals surface area (Å²) in [7, 11) is 0. The van der Waals surface area contributed by atoms with Gasteiger partial charge in [-0.2, -0.15) is 0 Å². The Balaban J connectivity index is 1.87. The highest BCUT2D eigenvalue weighted by Crippen LogP contribution is 2.25. The third-order valence-electron chi connectivity index (χ3n) is 3.91. The molecule has 118 valence electrons. The van der Waals surface area contributed by atoms with E-state index in [1.54, 1.807) is 6.07 Å². The first-order valence-corrected chi connectivity index (χ1v) is 7.91. The molecule has 0 bridgehead atoms. The van der Waals surface area contributed by atoms with Crippen LogP contribution >= 0.6 is 11.6 Å². The van der Waals surface area contributed by atoms with E-state index >= 15 is 0 Å². The molecule has 2 aromatic carbocycles. The normalized spacial score (nSPS) is 18.3. The Hall–Kier alpha value is -2.33. The van der Waals surface area contributed by atoms with E-state index in [0.29, 0.717) is 17.9 Å². The quantitative estimate of drug-likeness (QED) is 0.906. The van der Waals surface area contributed by atoms with E-state index < -0.39 is 6.04 Å². The maximum Gasteiger partial charge on any atom is 0.243 e. The number of carbonyl (C=O) groups is 2. The van der Waals surface area contributed by atoms with Gasteiger partial charge in [-0.05, 0) is 29.7 Å². The Kier molecular flexibility index (Phi) is 4.63. The van der Waals surface area contributed by atoms with Gasteiger partial charge in [-0.1, -0.05) is 54.1 Å². The predicted molar refractivity (Wildman–Crippen MR) is 89.0 cm³/mol. The molecule has 1 fully saturated rings. The van der Waals surface area contributed by atoms with Crippen LogP contribution in [0.1, 0.15) is 30.0 Å². The van der Waals surface area contributed by atoms with Crippen LogP contribution in [0.3, 0.4) is 0 Å². The summed E-state index contributed by atoms with van der Waals surface area (Å²) in [6.45, 7) is 0. The fourth-order valence-electron chi connectivity index (χ4n) is 2.74. The molecule has 5 heteroatoms. The summed E-state index contributed by atoms with van der Waals surface area (Å²) in [6, 6.07) is 16.3. The van der Waals surface area contributed by atoms with Crippen molar-refractivity contribution in [3.63, 3.8) is 0 Å².